The van der Waals surface area contributed by atoms with Gasteiger partial charge in [0.25, 0.3) is 0 Å². The van der Waals surface area contributed by atoms with Gasteiger partial charge in [-0.1, -0.05) is 29.8 Å². The first kappa shape index (κ1) is 12.5. The van der Waals surface area contributed by atoms with Crippen molar-refractivity contribution in [1.29, 1.82) is 0 Å². The van der Waals surface area contributed by atoms with Crippen LogP contribution in [0.4, 0.5) is 0 Å². The Kier molecular flexibility index (Phi) is 3.23. The highest BCUT2D eigenvalue weighted by Gasteiger charge is 2.39. The van der Waals surface area contributed by atoms with E-state index in [0.717, 1.165) is 5.57 Å². The smallest absolute Gasteiger partial charge is 0.222 e. The Morgan fingerprint density at radius 3 is 2.76 bits per heavy atom. The van der Waals surface area contributed by atoms with Crippen LogP contribution in [-0.4, -0.2) is 16.0 Å². The Hall–Kier alpha value is -0.940. The molecule has 0 spiro atoms. The summed E-state index contributed by atoms with van der Waals surface area (Å²) in [6, 6.07) is -0.407. The summed E-state index contributed by atoms with van der Waals surface area (Å²) in [7, 11) is 0. The van der Waals surface area contributed by atoms with Crippen molar-refractivity contribution in [3.63, 3.8) is 0 Å². The molecule has 2 unspecified atom stereocenters. The lowest BCUT2D eigenvalue weighted by Gasteiger charge is -2.36. The Bertz CT molecular complexity index is 512. The molecule has 0 bridgehead atoms. The third-order valence-electron chi connectivity index (χ3n) is 2.95. The summed E-state index contributed by atoms with van der Waals surface area (Å²) >= 11 is 11.9. The maximum absolute atomic E-state index is 6.36. The number of aromatic nitrogens is 2. The average molecular weight is 271 g/mol. The highest BCUT2D eigenvalue weighted by molar-refractivity contribution is 6.32. The van der Waals surface area contributed by atoms with Crippen molar-refractivity contribution in [2.45, 2.75) is 18.5 Å². The zero-order chi connectivity index (χ0) is 12.6. The molecule has 0 saturated carbocycles. The van der Waals surface area contributed by atoms with Crippen molar-refractivity contribution in [1.82, 2.24) is 9.97 Å². The van der Waals surface area contributed by atoms with E-state index in [-0.39, 0.29) is 5.28 Å². The normalized spacial score (nSPS) is 28.1. The maximum Gasteiger partial charge on any atom is 0.222 e. The molecule has 0 amide bonds. The molecule has 1 heterocycles. The zero-order valence-electron chi connectivity index (χ0n) is 9.19. The van der Waals surface area contributed by atoms with E-state index in [1.807, 2.05) is 19.1 Å². The van der Waals surface area contributed by atoms with Gasteiger partial charge in [0.1, 0.15) is 5.54 Å². The second-order valence-corrected chi connectivity index (χ2v) is 4.71. The fraction of sp³-hybridized carbons (Fsp3) is 0.273. The third-order valence-corrected chi connectivity index (χ3v) is 3.41. The number of hydrogen-bond acceptors (Lipinski definition) is 4. The van der Waals surface area contributed by atoms with Crippen molar-refractivity contribution in [2.75, 3.05) is 0 Å². The number of allylic oxidation sites excluding steroid dienone is 2. The van der Waals surface area contributed by atoms with E-state index in [1.165, 1.54) is 6.20 Å². The van der Waals surface area contributed by atoms with E-state index in [2.05, 4.69) is 9.97 Å². The third kappa shape index (κ3) is 1.98. The van der Waals surface area contributed by atoms with Crippen molar-refractivity contribution >= 4 is 23.2 Å². The molecule has 0 aliphatic heterocycles. The van der Waals surface area contributed by atoms with Crippen molar-refractivity contribution in [3.05, 3.63) is 46.0 Å². The molecule has 17 heavy (non-hydrogen) atoms. The minimum absolute atomic E-state index is 0.101. The Morgan fingerprint density at radius 2 is 2.12 bits per heavy atom. The van der Waals surface area contributed by atoms with E-state index in [1.54, 1.807) is 6.08 Å². The number of halogens is 2. The fourth-order valence-corrected chi connectivity index (χ4v) is 2.23. The molecular formula is C11H12Cl2N4. The van der Waals surface area contributed by atoms with Gasteiger partial charge in [0.05, 0.1) is 23.0 Å². The minimum Gasteiger partial charge on any atom is -0.322 e. The Morgan fingerprint density at radius 1 is 1.41 bits per heavy atom. The molecule has 2 rings (SSSR count). The molecule has 4 nitrogen and oxygen atoms in total. The van der Waals surface area contributed by atoms with Crippen molar-refractivity contribution in [3.8, 4) is 0 Å². The van der Waals surface area contributed by atoms with Crippen molar-refractivity contribution < 1.29 is 0 Å². The summed E-state index contributed by atoms with van der Waals surface area (Å²) in [5, 5.41) is 0.458. The van der Waals surface area contributed by atoms with Crippen LogP contribution in [0.5, 0.6) is 0 Å². The molecule has 1 aliphatic rings. The second-order valence-electron chi connectivity index (χ2n) is 3.96. The largest absolute Gasteiger partial charge is 0.322 e. The predicted molar refractivity (Wildman–Crippen MR) is 68.8 cm³/mol. The van der Waals surface area contributed by atoms with Crippen LogP contribution in [0.2, 0.25) is 10.3 Å². The summed E-state index contributed by atoms with van der Waals surface area (Å²) in [5.41, 5.74) is 12.8. The Labute approximate surface area is 109 Å². The van der Waals surface area contributed by atoms with Gasteiger partial charge in [0.15, 0.2) is 0 Å². The first-order valence-electron chi connectivity index (χ1n) is 5.05. The van der Waals surface area contributed by atoms with Gasteiger partial charge in [-0.25, -0.2) is 9.97 Å². The summed E-state index contributed by atoms with van der Waals surface area (Å²) in [4.78, 5) is 7.92. The first-order valence-corrected chi connectivity index (χ1v) is 5.80. The average Bonchev–Trinajstić information content (AvgIpc) is 2.29. The van der Waals surface area contributed by atoms with Crippen LogP contribution in [0.25, 0.3) is 0 Å². The molecule has 4 N–H and O–H groups in total. The summed E-state index contributed by atoms with van der Waals surface area (Å²) in [5.74, 6) is 0. The van der Waals surface area contributed by atoms with Gasteiger partial charge in [-0.2, -0.15) is 0 Å². The highest BCUT2D eigenvalue weighted by Crippen LogP contribution is 2.35. The van der Waals surface area contributed by atoms with Crippen molar-refractivity contribution in [2.24, 2.45) is 11.5 Å². The van der Waals surface area contributed by atoms with Crippen LogP contribution >= 0.6 is 23.2 Å². The highest BCUT2D eigenvalue weighted by atomic mass is 35.5. The molecule has 90 valence electrons. The minimum atomic E-state index is -0.946. The van der Waals surface area contributed by atoms with Crippen LogP contribution in [0, 0.1) is 0 Å². The van der Waals surface area contributed by atoms with Gasteiger partial charge in [0.2, 0.25) is 5.28 Å². The SMILES string of the molecule is CC1=CC=CC(N)C1(N)c1nc(Cl)ncc1Cl. The summed E-state index contributed by atoms with van der Waals surface area (Å²) in [6.07, 6.45) is 6.98. The van der Waals surface area contributed by atoms with Gasteiger partial charge in [-0.05, 0) is 24.1 Å². The molecule has 1 aromatic heterocycles. The maximum atomic E-state index is 6.36. The molecular weight excluding hydrogens is 259 g/mol. The van der Waals surface area contributed by atoms with Gasteiger partial charge < -0.3 is 11.5 Å². The van der Waals surface area contributed by atoms with Crippen LogP contribution in [-0.2, 0) is 5.54 Å². The number of hydrogen-bond donors (Lipinski definition) is 2. The summed E-state index contributed by atoms with van der Waals surface area (Å²) in [6.45, 7) is 1.88. The van der Waals surface area contributed by atoms with Crippen LogP contribution in [0.3, 0.4) is 0 Å². The summed E-state index contributed by atoms with van der Waals surface area (Å²) < 4.78 is 0. The van der Waals surface area contributed by atoms with E-state index in [9.17, 15) is 0 Å². The quantitative estimate of drug-likeness (QED) is 0.763. The number of rotatable bonds is 1. The molecule has 0 saturated heterocycles. The molecule has 1 aromatic rings. The van der Waals surface area contributed by atoms with E-state index in [0.29, 0.717) is 10.7 Å². The molecule has 1 aliphatic carbocycles. The van der Waals surface area contributed by atoms with E-state index < -0.39 is 11.6 Å². The molecule has 0 radical (unpaired) electrons. The van der Waals surface area contributed by atoms with Gasteiger partial charge in [-0.15, -0.1) is 0 Å². The molecule has 2 atom stereocenters. The number of nitrogens with two attached hydrogens (primary N) is 2. The van der Waals surface area contributed by atoms with Gasteiger partial charge in [0, 0.05) is 0 Å². The number of nitrogens with zero attached hydrogens (tertiary/aromatic N) is 2. The lowest BCUT2D eigenvalue weighted by atomic mass is 9.78. The standard InChI is InChI=1S/C11H12Cl2N4/c1-6-3-2-4-8(14)11(6,15)9-7(12)5-16-10(13)17-9/h2-5,8H,14-15H2,1H3. The second kappa shape index (κ2) is 4.38. The first-order chi connectivity index (χ1) is 7.96. The predicted octanol–water partition coefficient (Wildman–Crippen LogP) is 1.78. The van der Waals surface area contributed by atoms with Crippen LogP contribution in [0.1, 0.15) is 12.6 Å². The van der Waals surface area contributed by atoms with E-state index >= 15 is 0 Å². The molecule has 0 aromatic carbocycles. The fourth-order valence-electron chi connectivity index (χ4n) is 1.85. The van der Waals surface area contributed by atoms with E-state index in [4.69, 9.17) is 34.7 Å². The lowest BCUT2D eigenvalue weighted by molar-refractivity contribution is 0.449. The van der Waals surface area contributed by atoms with Crippen LogP contribution in [0.15, 0.2) is 30.0 Å². The zero-order valence-corrected chi connectivity index (χ0v) is 10.7. The molecule has 6 heteroatoms. The van der Waals surface area contributed by atoms with Gasteiger partial charge in [-0.3, -0.25) is 0 Å². The van der Waals surface area contributed by atoms with Crippen LogP contribution < -0.4 is 11.5 Å². The van der Waals surface area contributed by atoms with Gasteiger partial charge >= 0.3 is 0 Å². The Balaban J connectivity index is 2.62. The molecule has 0 fully saturated rings. The topological polar surface area (TPSA) is 77.8 Å². The monoisotopic (exact) mass is 270 g/mol. The lowest BCUT2D eigenvalue weighted by Crippen LogP contribution is -2.54.